The minimum Gasteiger partial charge on any atom is -0.284 e. The molecule has 1 saturated heterocycles. The molecule has 0 spiro atoms. The zero-order valence-corrected chi connectivity index (χ0v) is 17.6. The molecule has 3 aromatic carbocycles. The van der Waals surface area contributed by atoms with E-state index in [0.29, 0.717) is 11.7 Å². The van der Waals surface area contributed by atoms with Gasteiger partial charge < -0.3 is 0 Å². The number of amides is 1. The number of benzene rings is 3. The number of nitrogens with zero attached hydrogens (tertiary/aromatic N) is 3. The first kappa shape index (κ1) is 19.4. The van der Waals surface area contributed by atoms with Crippen LogP contribution in [0.3, 0.4) is 0 Å². The molecule has 1 atom stereocenters. The van der Waals surface area contributed by atoms with E-state index in [1.54, 1.807) is 11.1 Å². The van der Waals surface area contributed by atoms with E-state index in [-0.39, 0.29) is 11.2 Å². The number of rotatable bonds is 4. The molecule has 0 aliphatic carbocycles. The fourth-order valence-electron chi connectivity index (χ4n) is 3.52. The summed E-state index contributed by atoms with van der Waals surface area (Å²) in [7, 11) is 0. The molecule has 0 saturated carbocycles. The number of carbonyl (C=O) groups is 1. The fourth-order valence-corrected chi connectivity index (χ4v) is 4.44. The second-order valence-corrected chi connectivity index (χ2v) is 8.62. The Hall–Kier alpha value is -2.92. The van der Waals surface area contributed by atoms with Crippen LogP contribution >= 0.6 is 11.8 Å². The molecule has 0 bridgehead atoms. The first-order valence-corrected chi connectivity index (χ1v) is 10.5. The lowest BCUT2D eigenvalue weighted by Gasteiger charge is -2.17. The van der Waals surface area contributed by atoms with Crippen molar-refractivity contribution in [1.82, 2.24) is 4.90 Å². The normalized spacial score (nSPS) is 18.4. The van der Waals surface area contributed by atoms with Crippen LogP contribution in [0.15, 0.2) is 70.9 Å². The van der Waals surface area contributed by atoms with Crippen LogP contribution in [0.5, 0.6) is 0 Å². The van der Waals surface area contributed by atoms with Gasteiger partial charge >= 0.3 is 0 Å². The van der Waals surface area contributed by atoms with Crippen LogP contribution in [0.25, 0.3) is 10.8 Å². The third-order valence-corrected chi connectivity index (χ3v) is 6.17. The molecule has 0 N–H and O–H groups in total. The summed E-state index contributed by atoms with van der Waals surface area (Å²) in [6.45, 7) is 6.54. The molecule has 146 valence electrons. The summed E-state index contributed by atoms with van der Waals surface area (Å²) in [6.07, 6.45) is 1.76. The van der Waals surface area contributed by atoms with Crippen LogP contribution in [-0.2, 0) is 11.3 Å². The molecular weight excluding hydrogens is 378 g/mol. The molecule has 3 aromatic rings. The van der Waals surface area contributed by atoms with Crippen LogP contribution in [0.4, 0.5) is 0 Å². The Morgan fingerprint density at radius 2 is 1.86 bits per heavy atom. The average Bonchev–Trinajstić information content (AvgIpc) is 2.97. The lowest BCUT2D eigenvalue weighted by atomic mass is 10.0. The summed E-state index contributed by atoms with van der Waals surface area (Å²) >= 11 is 1.46. The maximum atomic E-state index is 12.8. The van der Waals surface area contributed by atoms with Crippen LogP contribution in [0, 0.1) is 13.8 Å². The van der Waals surface area contributed by atoms with Crippen molar-refractivity contribution in [2.75, 3.05) is 0 Å². The maximum absolute atomic E-state index is 12.8. The molecule has 0 radical (unpaired) electrons. The molecule has 5 heteroatoms. The summed E-state index contributed by atoms with van der Waals surface area (Å²) < 4.78 is 0. The van der Waals surface area contributed by atoms with Crippen molar-refractivity contribution in [3.63, 3.8) is 0 Å². The summed E-state index contributed by atoms with van der Waals surface area (Å²) in [5.74, 6) is 0.0726. The van der Waals surface area contributed by atoms with Crippen molar-refractivity contribution in [2.45, 2.75) is 32.6 Å². The van der Waals surface area contributed by atoms with Crippen LogP contribution < -0.4 is 0 Å². The van der Waals surface area contributed by atoms with Gasteiger partial charge in [0.1, 0.15) is 0 Å². The molecule has 29 heavy (non-hydrogen) atoms. The number of amidine groups is 1. The molecule has 1 aliphatic rings. The Labute approximate surface area is 175 Å². The smallest absolute Gasteiger partial charge is 0.242 e. The van der Waals surface area contributed by atoms with Crippen molar-refractivity contribution in [3.05, 3.63) is 82.9 Å². The zero-order chi connectivity index (χ0) is 20.4. The van der Waals surface area contributed by atoms with Gasteiger partial charge in [-0.2, -0.15) is 5.10 Å². The molecule has 4 nitrogen and oxygen atoms in total. The number of thioether (sulfide) groups is 1. The summed E-state index contributed by atoms with van der Waals surface area (Å²) in [5.41, 5.74) is 4.52. The molecule has 0 unspecified atom stereocenters. The highest BCUT2D eigenvalue weighted by Crippen LogP contribution is 2.30. The Balaban J connectivity index is 1.61. The quantitative estimate of drug-likeness (QED) is 0.439. The van der Waals surface area contributed by atoms with Gasteiger partial charge in [0.15, 0.2) is 5.17 Å². The summed E-state index contributed by atoms with van der Waals surface area (Å²) in [5, 5.41) is 11.5. The van der Waals surface area contributed by atoms with Crippen molar-refractivity contribution in [2.24, 2.45) is 10.2 Å². The van der Waals surface area contributed by atoms with Gasteiger partial charge in [0.25, 0.3) is 0 Å². The molecule has 1 fully saturated rings. The monoisotopic (exact) mass is 401 g/mol. The largest absolute Gasteiger partial charge is 0.284 e. The first-order valence-electron chi connectivity index (χ1n) is 9.66. The Morgan fingerprint density at radius 3 is 2.69 bits per heavy atom. The number of hydrogen-bond donors (Lipinski definition) is 0. The maximum Gasteiger partial charge on any atom is 0.242 e. The molecule has 0 aromatic heterocycles. The highest BCUT2D eigenvalue weighted by atomic mass is 32.2. The Bertz CT molecular complexity index is 1130. The predicted octanol–water partition coefficient (Wildman–Crippen LogP) is 5.31. The zero-order valence-electron chi connectivity index (χ0n) is 16.8. The average molecular weight is 402 g/mol. The first-order chi connectivity index (χ1) is 14.0. The van der Waals surface area contributed by atoms with Gasteiger partial charge in [-0.15, -0.1) is 5.10 Å². The van der Waals surface area contributed by atoms with E-state index in [9.17, 15) is 4.79 Å². The van der Waals surface area contributed by atoms with Crippen LogP contribution in [-0.4, -0.2) is 27.4 Å². The summed E-state index contributed by atoms with van der Waals surface area (Å²) in [6, 6.07) is 20.6. The van der Waals surface area contributed by atoms with Gasteiger partial charge in [-0.1, -0.05) is 78.0 Å². The second-order valence-electron chi connectivity index (χ2n) is 7.31. The van der Waals surface area contributed by atoms with Gasteiger partial charge in [-0.3, -0.25) is 9.69 Å². The number of carbonyl (C=O) groups excluding carboxylic acids is 1. The van der Waals surface area contributed by atoms with E-state index in [0.717, 1.165) is 22.1 Å². The lowest BCUT2D eigenvalue weighted by molar-refractivity contribution is -0.126. The predicted molar refractivity (Wildman–Crippen MR) is 122 cm³/mol. The van der Waals surface area contributed by atoms with E-state index in [2.05, 4.69) is 60.4 Å². The Morgan fingerprint density at radius 1 is 1.07 bits per heavy atom. The molecule has 1 heterocycles. The molecule has 1 amide bonds. The van der Waals surface area contributed by atoms with Crippen LogP contribution in [0.2, 0.25) is 0 Å². The van der Waals surface area contributed by atoms with Gasteiger partial charge in [0.2, 0.25) is 5.91 Å². The van der Waals surface area contributed by atoms with Gasteiger partial charge in [0, 0.05) is 0 Å². The van der Waals surface area contributed by atoms with Crippen LogP contribution in [0.1, 0.15) is 29.2 Å². The van der Waals surface area contributed by atoms with E-state index in [1.807, 2.05) is 31.2 Å². The van der Waals surface area contributed by atoms with Crippen molar-refractivity contribution in [3.8, 4) is 0 Å². The van der Waals surface area contributed by atoms with Crippen molar-refractivity contribution >= 4 is 39.8 Å². The number of hydrogen-bond acceptors (Lipinski definition) is 4. The third kappa shape index (κ3) is 4.10. The van der Waals surface area contributed by atoms with E-state index in [4.69, 9.17) is 0 Å². The minimum absolute atomic E-state index is 0.0726. The molecular formula is C24H23N3OS. The molecule has 1 aliphatic heterocycles. The standard InChI is InChI=1S/C24H23N3OS/c1-16-11-12-20(17(2)13-16)14-25-26-24-27(23(28)18(3)29-24)15-21-9-6-8-19-7-4-5-10-22(19)21/h4-14,18H,15H2,1-3H3/b25-14-,26-24-/t18-/m0/s1. The van der Waals surface area contributed by atoms with E-state index < -0.39 is 0 Å². The van der Waals surface area contributed by atoms with E-state index in [1.165, 1.54) is 22.7 Å². The third-order valence-electron chi connectivity index (χ3n) is 5.10. The highest BCUT2D eigenvalue weighted by molar-refractivity contribution is 8.15. The fraction of sp³-hybridized carbons (Fsp3) is 0.208. The summed E-state index contributed by atoms with van der Waals surface area (Å²) in [4.78, 5) is 14.5. The second kappa shape index (κ2) is 8.21. The van der Waals surface area contributed by atoms with Gasteiger partial charge in [0.05, 0.1) is 18.0 Å². The SMILES string of the molecule is Cc1ccc(/C=N\N=C2/S[C@@H](C)C(=O)N2Cc2cccc3ccccc23)c(C)c1. The number of fused-ring (bicyclic) bond motifs is 1. The molecule has 4 rings (SSSR count). The number of aryl methyl sites for hydroxylation is 2. The Kier molecular flexibility index (Phi) is 5.49. The topological polar surface area (TPSA) is 45.0 Å². The highest BCUT2D eigenvalue weighted by Gasteiger charge is 2.35. The van der Waals surface area contributed by atoms with Gasteiger partial charge in [-0.25, -0.2) is 0 Å². The minimum atomic E-state index is -0.153. The lowest BCUT2D eigenvalue weighted by Crippen LogP contribution is -2.30. The van der Waals surface area contributed by atoms with E-state index >= 15 is 0 Å². The van der Waals surface area contributed by atoms with Crippen molar-refractivity contribution < 1.29 is 4.79 Å². The van der Waals surface area contributed by atoms with Crippen molar-refractivity contribution in [1.29, 1.82) is 0 Å². The van der Waals surface area contributed by atoms with Gasteiger partial charge in [-0.05, 0) is 48.2 Å².